The number of nitrogens with zero attached hydrogens (tertiary/aromatic N) is 1. The van der Waals surface area contributed by atoms with Crippen LogP contribution in [0.2, 0.25) is 10.0 Å². The van der Waals surface area contributed by atoms with Crippen molar-refractivity contribution in [1.29, 1.82) is 0 Å². The molecule has 2 aromatic carbocycles. The number of carbonyl (C=O) groups is 2. The van der Waals surface area contributed by atoms with Crippen LogP contribution in [0, 0.1) is 11.8 Å². The van der Waals surface area contributed by atoms with Crippen LogP contribution < -0.4 is 5.32 Å². The quantitative estimate of drug-likeness (QED) is 0.714. The van der Waals surface area contributed by atoms with Crippen LogP contribution in [-0.4, -0.2) is 29.8 Å². The minimum Gasteiger partial charge on any atom is -0.338 e. The summed E-state index contributed by atoms with van der Waals surface area (Å²) in [5.74, 6) is 1.17. The van der Waals surface area contributed by atoms with Crippen LogP contribution in [0.4, 0.5) is 5.69 Å². The summed E-state index contributed by atoms with van der Waals surface area (Å²) in [6.07, 6.45) is 4.95. The zero-order valence-corrected chi connectivity index (χ0v) is 17.1. The van der Waals surface area contributed by atoms with E-state index in [4.69, 9.17) is 23.2 Å². The third-order valence-electron chi connectivity index (χ3n) is 6.08. The highest BCUT2D eigenvalue weighted by molar-refractivity contribution is 6.37. The summed E-state index contributed by atoms with van der Waals surface area (Å²) in [7, 11) is 1.91. The van der Waals surface area contributed by atoms with E-state index in [-0.39, 0.29) is 11.8 Å². The van der Waals surface area contributed by atoms with Gasteiger partial charge in [-0.05, 0) is 73.6 Å². The Hall–Kier alpha value is -2.04. The number of halogens is 2. The molecule has 28 heavy (non-hydrogen) atoms. The Morgan fingerprint density at radius 2 is 1.79 bits per heavy atom. The molecule has 2 fully saturated rings. The fraction of sp³-hybridized carbons (Fsp3) is 0.364. The first-order valence-electron chi connectivity index (χ1n) is 9.56. The van der Waals surface area contributed by atoms with Gasteiger partial charge in [0.1, 0.15) is 0 Å². The lowest BCUT2D eigenvalue weighted by molar-refractivity contribution is 0.0677. The smallest absolute Gasteiger partial charge is 0.257 e. The van der Waals surface area contributed by atoms with E-state index in [2.05, 4.69) is 5.32 Å². The van der Waals surface area contributed by atoms with Gasteiger partial charge in [0.15, 0.2) is 0 Å². The van der Waals surface area contributed by atoms with E-state index in [1.54, 1.807) is 36.4 Å². The second-order valence-corrected chi connectivity index (χ2v) is 8.66. The maximum absolute atomic E-state index is 12.8. The number of amides is 2. The average Bonchev–Trinajstić information content (AvgIpc) is 3.31. The first-order chi connectivity index (χ1) is 13.4. The number of hydrogen-bond acceptors (Lipinski definition) is 2. The summed E-state index contributed by atoms with van der Waals surface area (Å²) in [4.78, 5) is 27.2. The van der Waals surface area contributed by atoms with Gasteiger partial charge in [-0.15, -0.1) is 0 Å². The van der Waals surface area contributed by atoms with Crippen molar-refractivity contribution in [1.82, 2.24) is 4.90 Å². The number of fused-ring (bicyclic) bond motifs is 2. The highest BCUT2D eigenvalue weighted by atomic mass is 35.5. The summed E-state index contributed by atoms with van der Waals surface area (Å²) in [5, 5.41) is 3.57. The molecule has 2 bridgehead atoms. The molecule has 3 atom stereocenters. The maximum atomic E-state index is 12.8. The molecule has 0 spiro atoms. The van der Waals surface area contributed by atoms with Crippen LogP contribution >= 0.6 is 23.2 Å². The molecule has 0 radical (unpaired) electrons. The van der Waals surface area contributed by atoms with Crippen molar-refractivity contribution < 1.29 is 9.59 Å². The van der Waals surface area contributed by atoms with Gasteiger partial charge in [0.2, 0.25) is 0 Å². The van der Waals surface area contributed by atoms with Crippen LogP contribution in [-0.2, 0) is 0 Å². The van der Waals surface area contributed by atoms with Crippen molar-refractivity contribution in [2.45, 2.75) is 31.7 Å². The summed E-state index contributed by atoms with van der Waals surface area (Å²) in [6, 6.07) is 12.1. The Labute approximate surface area is 174 Å². The molecule has 0 aliphatic heterocycles. The highest BCUT2D eigenvalue weighted by Crippen LogP contribution is 2.46. The van der Waals surface area contributed by atoms with Crippen molar-refractivity contribution in [3.63, 3.8) is 0 Å². The molecule has 4 rings (SSSR count). The van der Waals surface area contributed by atoms with Crippen molar-refractivity contribution in [3.05, 3.63) is 63.6 Å². The van der Waals surface area contributed by atoms with E-state index in [0.29, 0.717) is 38.8 Å². The van der Waals surface area contributed by atoms with Crippen molar-refractivity contribution >= 4 is 40.7 Å². The fourth-order valence-electron chi connectivity index (χ4n) is 4.61. The zero-order chi connectivity index (χ0) is 19.8. The normalized spacial score (nSPS) is 22.9. The van der Waals surface area contributed by atoms with Crippen LogP contribution in [0.15, 0.2) is 42.5 Å². The molecule has 6 heteroatoms. The predicted octanol–water partition coefficient (Wildman–Crippen LogP) is 5.51. The Morgan fingerprint density at radius 1 is 1.04 bits per heavy atom. The standard InChI is InChI=1S/C22H22Cl2N2O2/c1-26(20-11-13-2-3-15(20)10-13)22(28)14-4-7-17(8-5-14)25-21(27)18-9-6-16(23)12-19(18)24/h4-9,12-13,15,20H,2-3,10-11H2,1H3,(H,25,27). The molecular formula is C22H22Cl2N2O2. The molecule has 146 valence electrons. The molecule has 3 unspecified atom stereocenters. The van der Waals surface area contributed by atoms with Crippen LogP contribution in [0.3, 0.4) is 0 Å². The summed E-state index contributed by atoms with van der Waals surface area (Å²) in [5.41, 5.74) is 1.59. The molecule has 2 aliphatic rings. The van der Waals surface area contributed by atoms with Crippen molar-refractivity contribution in [2.75, 3.05) is 12.4 Å². The van der Waals surface area contributed by atoms with Gasteiger partial charge in [0, 0.05) is 29.4 Å². The third-order valence-corrected chi connectivity index (χ3v) is 6.63. The van der Waals surface area contributed by atoms with E-state index < -0.39 is 0 Å². The highest BCUT2D eigenvalue weighted by Gasteiger charge is 2.42. The Morgan fingerprint density at radius 3 is 2.39 bits per heavy atom. The van der Waals surface area contributed by atoms with E-state index in [9.17, 15) is 9.59 Å². The molecule has 0 heterocycles. The van der Waals surface area contributed by atoms with Gasteiger partial charge < -0.3 is 10.2 Å². The van der Waals surface area contributed by atoms with Gasteiger partial charge >= 0.3 is 0 Å². The Balaban J connectivity index is 1.42. The second kappa shape index (κ2) is 7.76. The number of carbonyl (C=O) groups excluding carboxylic acids is 2. The average molecular weight is 417 g/mol. The number of nitrogens with one attached hydrogen (secondary N) is 1. The zero-order valence-electron chi connectivity index (χ0n) is 15.6. The molecule has 2 aromatic rings. The topological polar surface area (TPSA) is 49.4 Å². The first kappa shape index (κ1) is 19.3. The molecule has 2 saturated carbocycles. The molecule has 1 N–H and O–H groups in total. The second-order valence-electron chi connectivity index (χ2n) is 7.81. The minimum atomic E-state index is -0.320. The number of hydrogen-bond donors (Lipinski definition) is 1. The van der Waals surface area contributed by atoms with Gasteiger partial charge in [-0.3, -0.25) is 9.59 Å². The van der Waals surface area contributed by atoms with Gasteiger partial charge in [-0.25, -0.2) is 0 Å². The number of anilines is 1. The largest absolute Gasteiger partial charge is 0.338 e. The maximum Gasteiger partial charge on any atom is 0.257 e. The number of rotatable bonds is 4. The van der Waals surface area contributed by atoms with E-state index >= 15 is 0 Å². The van der Waals surface area contributed by atoms with E-state index in [0.717, 1.165) is 12.3 Å². The van der Waals surface area contributed by atoms with E-state index in [1.807, 2.05) is 11.9 Å². The summed E-state index contributed by atoms with van der Waals surface area (Å²) >= 11 is 12.0. The lowest BCUT2D eigenvalue weighted by atomic mass is 9.94. The Bertz CT molecular complexity index is 913. The molecule has 2 amide bonds. The SMILES string of the molecule is CN(C(=O)c1ccc(NC(=O)c2ccc(Cl)cc2Cl)cc1)C1CC2CCC1C2. The van der Waals surface area contributed by atoms with Crippen molar-refractivity contribution in [2.24, 2.45) is 11.8 Å². The van der Waals surface area contributed by atoms with Gasteiger partial charge in [0.05, 0.1) is 10.6 Å². The van der Waals surface area contributed by atoms with Crippen molar-refractivity contribution in [3.8, 4) is 0 Å². The summed E-state index contributed by atoms with van der Waals surface area (Å²) < 4.78 is 0. The van der Waals surface area contributed by atoms with Gasteiger partial charge in [0.25, 0.3) is 11.8 Å². The van der Waals surface area contributed by atoms with Gasteiger partial charge in [-0.1, -0.05) is 29.6 Å². The molecular weight excluding hydrogens is 395 g/mol. The monoisotopic (exact) mass is 416 g/mol. The Kier molecular flexibility index (Phi) is 5.35. The fourth-order valence-corrected chi connectivity index (χ4v) is 5.10. The van der Waals surface area contributed by atoms with Crippen LogP contribution in [0.5, 0.6) is 0 Å². The molecule has 0 saturated heterocycles. The summed E-state index contributed by atoms with van der Waals surface area (Å²) in [6.45, 7) is 0. The van der Waals surface area contributed by atoms with Crippen LogP contribution in [0.25, 0.3) is 0 Å². The third kappa shape index (κ3) is 3.76. The predicted molar refractivity (Wildman–Crippen MR) is 112 cm³/mol. The van der Waals surface area contributed by atoms with E-state index in [1.165, 1.54) is 25.3 Å². The number of benzene rings is 2. The van der Waals surface area contributed by atoms with Crippen LogP contribution in [0.1, 0.15) is 46.4 Å². The van der Waals surface area contributed by atoms with Gasteiger partial charge in [-0.2, -0.15) is 0 Å². The lowest BCUT2D eigenvalue weighted by Crippen LogP contribution is -2.40. The lowest BCUT2D eigenvalue weighted by Gasteiger charge is -2.31. The molecule has 2 aliphatic carbocycles. The molecule has 4 nitrogen and oxygen atoms in total. The molecule has 0 aromatic heterocycles. The minimum absolute atomic E-state index is 0.0381. The first-order valence-corrected chi connectivity index (χ1v) is 10.3.